The molecule has 0 aromatic rings. The molecule has 0 radical (unpaired) electrons. The number of phosphoric ester groups is 1. The van der Waals surface area contributed by atoms with Crippen molar-refractivity contribution in [2.45, 2.75) is 116 Å². The Morgan fingerprint density at radius 1 is 0.527 bits per heavy atom. The molecule has 0 saturated heterocycles. The van der Waals surface area contributed by atoms with Crippen LogP contribution in [0.1, 0.15) is 104 Å². The number of ether oxygens (including phenoxy) is 2. The summed E-state index contributed by atoms with van der Waals surface area (Å²) in [7, 11) is -4.66. The first-order valence-corrected chi connectivity index (χ1v) is 21.0. The van der Waals surface area contributed by atoms with Gasteiger partial charge in [0, 0.05) is 12.8 Å². The van der Waals surface area contributed by atoms with Gasteiger partial charge in [0.25, 0.3) is 0 Å². The third kappa shape index (κ3) is 38.4. The number of aliphatic hydroxyl groups is 2. The number of phosphoric acid groups is 1. The van der Waals surface area contributed by atoms with Crippen LogP contribution in [0.4, 0.5) is 0 Å². The van der Waals surface area contributed by atoms with Crippen LogP contribution in [0.15, 0.2) is 122 Å². The molecule has 0 aromatic heterocycles. The van der Waals surface area contributed by atoms with Crippen LogP contribution in [0.2, 0.25) is 0 Å². The van der Waals surface area contributed by atoms with Gasteiger partial charge in [0.15, 0.2) is 6.10 Å². The first kappa shape index (κ1) is 51.4. The van der Waals surface area contributed by atoms with Gasteiger partial charge >= 0.3 is 19.8 Å². The average molecular weight is 787 g/mol. The summed E-state index contributed by atoms with van der Waals surface area (Å²) in [4.78, 5) is 34.8. The van der Waals surface area contributed by atoms with E-state index in [4.69, 9.17) is 19.1 Å². The van der Waals surface area contributed by atoms with Crippen LogP contribution in [0.3, 0.4) is 0 Å². The number of aliphatic hydroxyl groups excluding tert-OH is 2. The molecule has 3 unspecified atom stereocenters. The molecule has 10 nitrogen and oxygen atoms in total. The first-order chi connectivity index (χ1) is 26.7. The molecule has 0 aliphatic rings. The minimum absolute atomic E-state index is 0.0361. The molecule has 0 fully saturated rings. The third-order valence-corrected chi connectivity index (χ3v) is 8.09. The average Bonchev–Trinajstić information content (AvgIpc) is 3.17. The van der Waals surface area contributed by atoms with Gasteiger partial charge in [0.05, 0.1) is 19.8 Å². The van der Waals surface area contributed by atoms with Gasteiger partial charge in [0.2, 0.25) is 0 Å². The molecule has 0 aliphatic heterocycles. The Morgan fingerprint density at radius 3 is 1.25 bits per heavy atom. The van der Waals surface area contributed by atoms with Crippen molar-refractivity contribution in [3.05, 3.63) is 122 Å². The molecule has 0 saturated carbocycles. The summed E-state index contributed by atoms with van der Waals surface area (Å²) < 4.78 is 32.4. The molecule has 0 aromatic carbocycles. The first-order valence-electron chi connectivity index (χ1n) is 19.5. The van der Waals surface area contributed by atoms with Gasteiger partial charge < -0.3 is 24.6 Å². The van der Waals surface area contributed by atoms with E-state index in [-0.39, 0.29) is 12.8 Å². The maximum atomic E-state index is 12.5. The van der Waals surface area contributed by atoms with E-state index in [0.29, 0.717) is 19.3 Å². The number of hydrogen-bond donors (Lipinski definition) is 3. The summed E-state index contributed by atoms with van der Waals surface area (Å²) >= 11 is 0. The second-order valence-corrected chi connectivity index (χ2v) is 13.6. The van der Waals surface area contributed by atoms with E-state index in [2.05, 4.69) is 110 Å². The lowest BCUT2D eigenvalue weighted by atomic mass is 10.2. The highest BCUT2D eigenvalue weighted by Crippen LogP contribution is 2.43. The second-order valence-electron chi connectivity index (χ2n) is 12.2. The zero-order valence-electron chi connectivity index (χ0n) is 33.1. The molecule has 0 spiro atoms. The summed E-state index contributed by atoms with van der Waals surface area (Å²) in [6.45, 7) is 1.93. The van der Waals surface area contributed by atoms with Crippen molar-refractivity contribution < 1.29 is 47.8 Å². The number of hydrogen-bond acceptors (Lipinski definition) is 9. The highest BCUT2D eigenvalue weighted by molar-refractivity contribution is 7.47. The zero-order chi connectivity index (χ0) is 40.5. The summed E-state index contributed by atoms with van der Waals surface area (Å²) in [5, 5.41) is 18.3. The summed E-state index contributed by atoms with van der Waals surface area (Å²) in [5.74, 6) is -1.13. The van der Waals surface area contributed by atoms with Crippen LogP contribution >= 0.6 is 7.82 Å². The van der Waals surface area contributed by atoms with Crippen LogP contribution < -0.4 is 0 Å². The Kier molecular flexibility index (Phi) is 36.1. The minimum atomic E-state index is -4.66. The third-order valence-electron chi connectivity index (χ3n) is 7.14. The van der Waals surface area contributed by atoms with Gasteiger partial charge in [-0.15, -0.1) is 0 Å². The van der Waals surface area contributed by atoms with E-state index in [1.54, 1.807) is 0 Å². The second kappa shape index (κ2) is 38.6. The predicted molar refractivity (Wildman–Crippen MR) is 223 cm³/mol. The van der Waals surface area contributed by atoms with Gasteiger partial charge in [-0.05, 0) is 77.0 Å². The van der Waals surface area contributed by atoms with Crippen LogP contribution in [-0.4, -0.2) is 65.7 Å². The van der Waals surface area contributed by atoms with Crippen molar-refractivity contribution in [2.24, 2.45) is 0 Å². The van der Waals surface area contributed by atoms with Gasteiger partial charge in [0.1, 0.15) is 12.7 Å². The summed E-state index contributed by atoms with van der Waals surface area (Å²) in [5.41, 5.74) is 0. The van der Waals surface area contributed by atoms with E-state index < -0.39 is 58.4 Å². The fourth-order valence-electron chi connectivity index (χ4n) is 4.21. The van der Waals surface area contributed by atoms with Crippen LogP contribution in [0, 0.1) is 0 Å². The highest BCUT2D eigenvalue weighted by Gasteiger charge is 2.27. The Bertz CT molecular complexity index is 1320. The van der Waals surface area contributed by atoms with Gasteiger partial charge in [-0.3, -0.25) is 18.6 Å². The molecule has 11 heteroatoms. The Morgan fingerprint density at radius 2 is 0.873 bits per heavy atom. The van der Waals surface area contributed by atoms with E-state index in [9.17, 15) is 24.2 Å². The fourth-order valence-corrected chi connectivity index (χ4v) is 5.00. The van der Waals surface area contributed by atoms with Crippen LogP contribution in [0.25, 0.3) is 0 Å². The smallest absolute Gasteiger partial charge is 0.462 e. The van der Waals surface area contributed by atoms with Crippen molar-refractivity contribution in [2.75, 3.05) is 26.4 Å². The lowest BCUT2D eigenvalue weighted by molar-refractivity contribution is -0.161. The van der Waals surface area contributed by atoms with Gasteiger partial charge in [-0.25, -0.2) is 4.57 Å². The SMILES string of the molecule is CC/C=C\C/C=C\C/C=C\C/C=C\C/C=C\C/C=C\CCC(=O)OC(COC(=O)CC/C=C\C/C=C\C/C=C\C/C=C\CC)COP(=O)(O)OCC(O)CO. The molecule has 0 bridgehead atoms. The number of rotatable bonds is 34. The lowest BCUT2D eigenvalue weighted by Gasteiger charge is -2.20. The predicted octanol–water partition coefficient (Wildman–Crippen LogP) is 9.99. The van der Waals surface area contributed by atoms with E-state index in [1.165, 1.54) is 0 Å². The normalized spacial score (nSPS) is 15.2. The molecule has 3 atom stereocenters. The topological polar surface area (TPSA) is 149 Å². The molecule has 0 heterocycles. The Labute approximate surface area is 330 Å². The van der Waals surface area contributed by atoms with Crippen molar-refractivity contribution in [1.82, 2.24) is 0 Å². The van der Waals surface area contributed by atoms with E-state index >= 15 is 0 Å². The standard InChI is InChI=1S/C44H67O10P/c1-3-5-7-9-11-13-15-17-18-19-20-21-22-24-26-28-30-32-34-36-44(48)54-42(40-53-55(49,50)52-38-41(46)37-45)39-51-43(47)35-33-31-29-27-25-23-16-14-12-10-8-6-4-2/h5-8,11-14,17-18,20-21,23-26,29-32,41-42,45-46H,3-4,9-10,15-16,19,22,27-28,33-40H2,1-2H3,(H,49,50)/b7-5-,8-6-,13-11-,14-12-,18-17-,21-20-,25-23-,26-24-,31-29-,32-30-. The molecule has 3 N–H and O–H groups in total. The maximum Gasteiger partial charge on any atom is 0.472 e. The highest BCUT2D eigenvalue weighted by atomic mass is 31.2. The van der Waals surface area contributed by atoms with Gasteiger partial charge in [-0.1, -0.05) is 135 Å². The van der Waals surface area contributed by atoms with Crippen molar-refractivity contribution in [3.63, 3.8) is 0 Å². The van der Waals surface area contributed by atoms with E-state index in [0.717, 1.165) is 57.8 Å². The quantitative estimate of drug-likeness (QED) is 0.0327. The molecule has 0 rings (SSSR count). The molecule has 0 aliphatic carbocycles. The fraction of sp³-hybridized carbons (Fsp3) is 0.500. The Balaban J connectivity index is 4.61. The number of carbonyl (C=O) groups is 2. The van der Waals surface area contributed by atoms with Crippen molar-refractivity contribution >= 4 is 19.8 Å². The van der Waals surface area contributed by atoms with Crippen molar-refractivity contribution in [1.29, 1.82) is 0 Å². The molecule has 0 amide bonds. The molecular weight excluding hydrogens is 719 g/mol. The van der Waals surface area contributed by atoms with Gasteiger partial charge in [-0.2, -0.15) is 0 Å². The number of allylic oxidation sites excluding steroid dienone is 20. The molecular formula is C44H67O10P. The summed E-state index contributed by atoms with van der Waals surface area (Å²) in [6, 6.07) is 0. The maximum absolute atomic E-state index is 12.5. The monoisotopic (exact) mass is 786 g/mol. The minimum Gasteiger partial charge on any atom is -0.462 e. The number of esters is 2. The molecule has 308 valence electrons. The largest absolute Gasteiger partial charge is 0.472 e. The lowest BCUT2D eigenvalue weighted by Crippen LogP contribution is -2.29. The molecule has 55 heavy (non-hydrogen) atoms. The van der Waals surface area contributed by atoms with Crippen LogP contribution in [0.5, 0.6) is 0 Å². The summed E-state index contributed by atoms with van der Waals surface area (Å²) in [6.07, 6.45) is 49.2. The Hall–Kier alpha value is -3.63. The van der Waals surface area contributed by atoms with Crippen LogP contribution in [-0.2, 0) is 32.7 Å². The zero-order valence-corrected chi connectivity index (χ0v) is 34.0. The van der Waals surface area contributed by atoms with Crippen molar-refractivity contribution in [3.8, 4) is 0 Å². The van der Waals surface area contributed by atoms with E-state index in [1.807, 2.05) is 30.4 Å². The number of carbonyl (C=O) groups excluding carboxylic acids is 2.